The number of rotatable bonds is 5. The fraction of sp³-hybridized carbons (Fsp3) is 0.214. The van der Waals surface area contributed by atoms with Gasteiger partial charge in [0.15, 0.2) is 0 Å². The average molecular weight is 274 g/mol. The minimum atomic E-state index is 0.940. The number of fused-ring (bicyclic) bond motifs is 1. The number of nitrogens with one attached hydrogen (secondary N) is 1. The predicted molar refractivity (Wildman–Crippen MR) is 79.3 cm³/mol. The van der Waals surface area contributed by atoms with E-state index in [0.717, 1.165) is 19.5 Å². The fourth-order valence-corrected chi connectivity index (χ4v) is 3.55. The van der Waals surface area contributed by atoms with E-state index in [1.54, 1.807) is 11.3 Å². The SMILES string of the molecule is c1ccc2c(CNCCc3nccs3)csc2c1. The average Bonchev–Trinajstić information content (AvgIpc) is 3.04. The van der Waals surface area contributed by atoms with Crippen molar-refractivity contribution in [2.75, 3.05) is 6.54 Å². The van der Waals surface area contributed by atoms with Crippen molar-refractivity contribution in [1.82, 2.24) is 10.3 Å². The number of nitrogens with zero attached hydrogens (tertiary/aromatic N) is 1. The molecule has 0 unspecified atom stereocenters. The van der Waals surface area contributed by atoms with Gasteiger partial charge in [-0.25, -0.2) is 4.98 Å². The first-order valence-corrected chi connectivity index (χ1v) is 7.73. The van der Waals surface area contributed by atoms with Crippen molar-refractivity contribution in [3.8, 4) is 0 Å². The van der Waals surface area contributed by atoms with Crippen molar-refractivity contribution < 1.29 is 0 Å². The summed E-state index contributed by atoms with van der Waals surface area (Å²) in [6.45, 7) is 1.92. The van der Waals surface area contributed by atoms with Gasteiger partial charge in [0.05, 0.1) is 5.01 Å². The molecule has 18 heavy (non-hydrogen) atoms. The summed E-state index contributed by atoms with van der Waals surface area (Å²) in [6, 6.07) is 8.58. The lowest BCUT2D eigenvalue weighted by Gasteiger charge is -2.02. The van der Waals surface area contributed by atoms with Crippen molar-refractivity contribution >= 4 is 32.8 Å². The second-order valence-electron chi connectivity index (χ2n) is 4.11. The highest BCUT2D eigenvalue weighted by Gasteiger charge is 2.02. The zero-order valence-electron chi connectivity index (χ0n) is 9.93. The quantitative estimate of drug-likeness (QED) is 0.718. The standard InChI is InChI=1S/C14H14N2S2/c1-2-4-13-12(3-1)11(10-18-13)9-15-6-5-14-16-7-8-17-14/h1-4,7-8,10,15H,5-6,9H2. The van der Waals surface area contributed by atoms with Gasteiger partial charge in [0.25, 0.3) is 0 Å². The summed E-state index contributed by atoms with van der Waals surface area (Å²) in [5, 5.41) is 10.4. The second kappa shape index (κ2) is 5.61. The number of benzene rings is 1. The molecule has 3 aromatic rings. The van der Waals surface area contributed by atoms with Crippen molar-refractivity contribution in [1.29, 1.82) is 0 Å². The third-order valence-corrected chi connectivity index (χ3v) is 4.73. The summed E-state index contributed by atoms with van der Waals surface area (Å²) < 4.78 is 1.37. The Bertz CT molecular complexity index is 614. The summed E-state index contributed by atoms with van der Waals surface area (Å²) in [5.74, 6) is 0. The Morgan fingerprint density at radius 1 is 1.17 bits per heavy atom. The maximum absolute atomic E-state index is 4.28. The first-order chi connectivity index (χ1) is 8.93. The van der Waals surface area contributed by atoms with E-state index in [0.29, 0.717) is 0 Å². The Morgan fingerprint density at radius 3 is 3.00 bits per heavy atom. The van der Waals surface area contributed by atoms with Crippen LogP contribution < -0.4 is 5.32 Å². The Hall–Kier alpha value is -1.23. The molecule has 1 N–H and O–H groups in total. The van der Waals surface area contributed by atoms with E-state index in [9.17, 15) is 0 Å². The lowest BCUT2D eigenvalue weighted by atomic mass is 10.2. The van der Waals surface area contributed by atoms with E-state index in [4.69, 9.17) is 0 Å². The molecule has 0 atom stereocenters. The smallest absolute Gasteiger partial charge is 0.0937 e. The number of aromatic nitrogens is 1. The molecule has 0 spiro atoms. The van der Waals surface area contributed by atoms with E-state index >= 15 is 0 Å². The molecule has 92 valence electrons. The van der Waals surface area contributed by atoms with E-state index < -0.39 is 0 Å². The molecule has 0 saturated heterocycles. The largest absolute Gasteiger partial charge is 0.312 e. The third kappa shape index (κ3) is 2.61. The van der Waals surface area contributed by atoms with Gasteiger partial charge >= 0.3 is 0 Å². The predicted octanol–water partition coefficient (Wildman–Crippen LogP) is 3.69. The summed E-state index contributed by atoms with van der Waals surface area (Å²) in [7, 11) is 0. The van der Waals surface area contributed by atoms with Crippen LogP contribution in [0.3, 0.4) is 0 Å². The number of thiophene rings is 1. The van der Waals surface area contributed by atoms with Crippen LogP contribution in [0.1, 0.15) is 10.6 Å². The Morgan fingerprint density at radius 2 is 2.11 bits per heavy atom. The Balaban J connectivity index is 1.57. The maximum atomic E-state index is 4.28. The molecular weight excluding hydrogens is 260 g/mol. The molecule has 0 fully saturated rings. The van der Waals surface area contributed by atoms with Crippen LogP contribution >= 0.6 is 22.7 Å². The van der Waals surface area contributed by atoms with Gasteiger partial charge in [0.1, 0.15) is 0 Å². The summed E-state index contributed by atoms with van der Waals surface area (Å²) in [6.07, 6.45) is 2.88. The highest BCUT2D eigenvalue weighted by atomic mass is 32.1. The molecule has 0 saturated carbocycles. The normalized spacial score (nSPS) is 11.1. The van der Waals surface area contributed by atoms with Crippen LogP contribution in [0.25, 0.3) is 10.1 Å². The van der Waals surface area contributed by atoms with Gasteiger partial charge in [-0.3, -0.25) is 0 Å². The number of thiazole rings is 1. The monoisotopic (exact) mass is 274 g/mol. The maximum Gasteiger partial charge on any atom is 0.0937 e. The van der Waals surface area contributed by atoms with Crippen LogP contribution in [-0.2, 0) is 13.0 Å². The van der Waals surface area contributed by atoms with E-state index in [2.05, 4.69) is 39.9 Å². The lowest BCUT2D eigenvalue weighted by Crippen LogP contribution is -2.16. The molecule has 0 aliphatic carbocycles. The molecule has 0 aliphatic rings. The molecule has 2 heterocycles. The third-order valence-electron chi connectivity index (χ3n) is 2.88. The van der Waals surface area contributed by atoms with Crippen molar-refractivity contribution in [3.05, 3.63) is 51.8 Å². The topological polar surface area (TPSA) is 24.9 Å². The molecule has 0 amide bonds. The van der Waals surface area contributed by atoms with Gasteiger partial charge in [-0.1, -0.05) is 18.2 Å². The minimum absolute atomic E-state index is 0.940. The van der Waals surface area contributed by atoms with Crippen LogP contribution in [0.15, 0.2) is 41.2 Å². The van der Waals surface area contributed by atoms with Gasteiger partial charge in [-0.15, -0.1) is 22.7 Å². The zero-order valence-corrected chi connectivity index (χ0v) is 11.6. The highest BCUT2D eigenvalue weighted by Crippen LogP contribution is 2.25. The van der Waals surface area contributed by atoms with E-state index in [1.807, 2.05) is 22.9 Å². The summed E-state index contributed by atoms with van der Waals surface area (Å²) >= 11 is 3.54. The van der Waals surface area contributed by atoms with Gasteiger partial charge in [0.2, 0.25) is 0 Å². The van der Waals surface area contributed by atoms with Crippen LogP contribution in [-0.4, -0.2) is 11.5 Å². The highest BCUT2D eigenvalue weighted by molar-refractivity contribution is 7.17. The Kier molecular flexibility index (Phi) is 3.69. The molecular formula is C14H14N2S2. The van der Waals surface area contributed by atoms with Crippen molar-refractivity contribution in [3.63, 3.8) is 0 Å². The van der Waals surface area contributed by atoms with Gasteiger partial charge in [-0.05, 0) is 22.4 Å². The fourth-order valence-electron chi connectivity index (χ4n) is 1.96. The molecule has 0 radical (unpaired) electrons. The van der Waals surface area contributed by atoms with E-state index in [1.165, 1.54) is 20.7 Å². The molecule has 3 rings (SSSR count). The molecule has 0 bridgehead atoms. The molecule has 0 aliphatic heterocycles. The molecule has 4 heteroatoms. The van der Waals surface area contributed by atoms with Gasteiger partial charge < -0.3 is 5.32 Å². The van der Waals surface area contributed by atoms with Crippen molar-refractivity contribution in [2.45, 2.75) is 13.0 Å². The summed E-state index contributed by atoms with van der Waals surface area (Å²) in [5.41, 5.74) is 1.40. The minimum Gasteiger partial charge on any atom is -0.312 e. The van der Waals surface area contributed by atoms with Crippen LogP contribution in [0.2, 0.25) is 0 Å². The summed E-state index contributed by atoms with van der Waals surface area (Å²) in [4.78, 5) is 4.28. The van der Waals surface area contributed by atoms with E-state index in [-0.39, 0.29) is 0 Å². The van der Waals surface area contributed by atoms with Crippen LogP contribution in [0.4, 0.5) is 0 Å². The van der Waals surface area contributed by atoms with Gasteiger partial charge in [0, 0.05) is 35.8 Å². The number of hydrogen-bond donors (Lipinski definition) is 1. The second-order valence-corrected chi connectivity index (χ2v) is 6.00. The number of hydrogen-bond acceptors (Lipinski definition) is 4. The zero-order chi connectivity index (χ0) is 12.2. The Labute approximate surface area is 114 Å². The van der Waals surface area contributed by atoms with Crippen LogP contribution in [0.5, 0.6) is 0 Å². The van der Waals surface area contributed by atoms with Crippen molar-refractivity contribution in [2.24, 2.45) is 0 Å². The van der Waals surface area contributed by atoms with Gasteiger partial charge in [-0.2, -0.15) is 0 Å². The first-order valence-electron chi connectivity index (χ1n) is 5.98. The molecule has 2 nitrogen and oxygen atoms in total. The molecule has 1 aromatic carbocycles. The lowest BCUT2D eigenvalue weighted by molar-refractivity contribution is 0.689. The van der Waals surface area contributed by atoms with Crippen LogP contribution in [0, 0.1) is 0 Å². The molecule has 2 aromatic heterocycles. The first kappa shape index (κ1) is 11.8.